The number of rotatable bonds is 7. The number of thioether (sulfide) groups is 1. The third-order valence-electron chi connectivity index (χ3n) is 11.0. The molecule has 0 spiro atoms. The van der Waals surface area contributed by atoms with Crippen LogP contribution in [0.1, 0.15) is 28.3 Å². The van der Waals surface area contributed by atoms with Crippen LogP contribution in [-0.4, -0.2) is 41.7 Å². The maximum Gasteiger partial charge on any atom is 0.305 e. The Morgan fingerprint density at radius 2 is 1.66 bits per heavy atom. The number of aromatic nitrogens is 1. The lowest BCUT2D eigenvalue weighted by atomic mass is 9.68. The van der Waals surface area contributed by atoms with Gasteiger partial charge in [-0.1, -0.05) is 65.4 Å². The zero-order valence-electron chi connectivity index (χ0n) is 27.3. The van der Waals surface area contributed by atoms with Gasteiger partial charge in [-0.2, -0.15) is 0 Å². The van der Waals surface area contributed by atoms with Gasteiger partial charge in [0.25, 0.3) is 5.91 Å². The molecule has 3 amide bonds. The van der Waals surface area contributed by atoms with Crippen molar-refractivity contribution >= 4 is 63.0 Å². The third-order valence-corrected chi connectivity index (χ3v) is 13.5. The molecule has 2 aliphatic carbocycles. The summed E-state index contributed by atoms with van der Waals surface area (Å²) in [7, 11) is 1.56. The fraction of sp³-hybridized carbons (Fsp3) is 0.282. The van der Waals surface area contributed by atoms with Crippen LogP contribution in [0, 0.1) is 36.5 Å². The van der Waals surface area contributed by atoms with Crippen LogP contribution >= 0.6 is 23.1 Å². The van der Waals surface area contributed by atoms with Crippen LogP contribution in [0.4, 0.5) is 11.4 Å². The molecule has 0 unspecified atom stereocenters. The molecule has 2 bridgehead atoms. The second kappa shape index (κ2) is 11.9. The standard InChI is InChI=1S/C39H33N3O6S2/c1-19-7-12-24(13-8-19)42-37(44)32-25-17-26(33(32)38(42)45)34-31(25)30(35-36(49-34)41-39(46)50-35)22-10-14-27(28(16-22)47-2)48-18-29(43)40-23-11-9-20-5-3-4-6-21(20)15-23/h3-16,25-26,30-34H,17-18H2,1-2H3,(H,40,43)(H,41,46)/t25-,26-,30+,31-,32+,33+,34-/m1/s1. The van der Waals surface area contributed by atoms with E-state index in [0.717, 1.165) is 38.2 Å². The number of ether oxygens (including phenoxy) is 2. The summed E-state index contributed by atoms with van der Waals surface area (Å²) >= 11 is 2.87. The summed E-state index contributed by atoms with van der Waals surface area (Å²) < 4.78 is 11.7. The van der Waals surface area contributed by atoms with Crippen LogP contribution in [0.5, 0.6) is 11.5 Å². The first-order chi connectivity index (χ1) is 24.3. The number of aromatic amines is 1. The monoisotopic (exact) mass is 703 g/mol. The summed E-state index contributed by atoms with van der Waals surface area (Å²) in [6, 6.07) is 27.0. The number of carbonyl (C=O) groups is 3. The number of thiazole rings is 1. The van der Waals surface area contributed by atoms with Crippen molar-refractivity contribution in [1.29, 1.82) is 0 Å². The third kappa shape index (κ3) is 4.89. The number of nitrogens with zero attached hydrogens (tertiary/aromatic N) is 1. The van der Waals surface area contributed by atoms with E-state index in [9.17, 15) is 19.2 Å². The number of aryl methyl sites for hydroxylation is 1. The predicted molar refractivity (Wildman–Crippen MR) is 193 cm³/mol. The number of hydrogen-bond acceptors (Lipinski definition) is 8. The smallest absolute Gasteiger partial charge is 0.305 e. The van der Waals surface area contributed by atoms with Gasteiger partial charge in [-0.3, -0.25) is 24.1 Å². The average molecular weight is 704 g/mol. The lowest BCUT2D eigenvalue weighted by Gasteiger charge is -2.43. The highest BCUT2D eigenvalue weighted by atomic mass is 32.2. The first-order valence-electron chi connectivity index (χ1n) is 16.7. The molecule has 2 saturated carbocycles. The molecule has 3 heterocycles. The molecule has 3 fully saturated rings. The number of fused-ring (bicyclic) bond motifs is 10. The predicted octanol–water partition coefficient (Wildman–Crippen LogP) is 6.60. The molecule has 9 rings (SSSR count). The Morgan fingerprint density at radius 1 is 0.900 bits per heavy atom. The van der Waals surface area contributed by atoms with Crippen molar-refractivity contribution in [2.24, 2.45) is 29.6 Å². The zero-order chi connectivity index (χ0) is 34.3. The number of benzene rings is 4. The fourth-order valence-corrected chi connectivity index (χ4v) is 11.8. The minimum atomic E-state index is -0.388. The van der Waals surface area contributed by atoms with E-state index >= 15 is 0 Å². The first-order valence-corrected chi connectivity index (χ1v) is 18.4. The van der Waals surface area contributed by atoms with Gasteiger partial charge < -0.3 is 19.8 Å². The number of methoxy groups -OCH3 is 1. The van der Waals surface area contributed by atoms with Crippen molar-refractivity contribution in [2.75, 3.05) is 23.9 Å². The quantitative estimate of drug-likeness (QED) is 0.184. The summed E-state index contributed by atoms with van der Waals surface area (Å²) in [5.74, 6) is -0.488. The molecule has 50 heavy (non-hydrogen) atoms. The zero-order valence-corrected chi connectivity index (χ0v) is 28.9. The Hall–Kier alpha value is -4.87. The highest BCUT2D eigenvalue weighted by molar-refractivity contribution is 8.00. The van der Waals surface area contributed by atoms with Crippen LogP contribution in [0.25, 0.3) is 10.8 Å². The summed E-state index contributed by atoms with van der Waals surface area (Å²) in [6.45, 7) is 1.77. The average Bonchev–Trinajstić information content (AvgIpc) is 3.86. The van der Waals surface area contributed by atoms with Crippen molar-refractivity contribution in [3.05, 3.63) is 111 Å². The topological polar surface area (TPSA) is 118 Å². The molecule has 2 N–H and O–H groups in total. The molecule has 9 nitrogen and oxygen atoms in total. The van der Waals surface area contributed by atoms with E-state index in [0.29, 0.717) is 22.9 Å². The number of H-pyrrole nitrogens is 1. The van der Waals surface area contributed by atoms with Crippen LogP contribution < -0.4 is 24.6 Å². The summed E-state index contributed by atoms with van der Waals surface area (Å²) in [6.07, 6.45) is 0.803. The second-order valence-corrected chi connectivity index (χ2v) is 15.8. The second-order valence-electron chi connectivity index (χ2n) is 13.6. The molecule has 0 radical (unpaired) electrons. The molecule has 1 aromatic heterocycles. The normalized spacial score (nSPS) is 26.1. The molecular formula is C39H33N3O6S2. The van der Waals surface area contributed by atoms with E-state index in [1.54, 1.807) is 18.9 Å². The van der Waals surface area contributed by atoms with Gasteiger partial charge in [0.1, 0.15) is 0 Å². The van der Waals surface area contributed by atoms with Crippen molar-refractivity contribution < 1.29 is 23.9 Å². The Bertz CT molecular complexity index is 2260. The van der Waals surface area contributed by atoms with Gasteiger partial charge in [0.2, 0.25) is 11.8 Å². The van der Waals surface area contributed by atoms with Crippen LogP contribution in [0.2, 0.25) is 0 Å². The number of imide groups is 1. The Morgan fingerprint density at radius 3 is 2.44 bits per heavy atom. The molecule has 11 heteroatoms. The van der Waals surface area contributed by atoms with Crippen molar-refractivity contribution in [2.45, 2.75) is 29.5 Å². The van der Waals surface area contributed by atoms with Gasteiger partial charge in [-0.05, 0) is 83.8 Å². The molecule has 252 valence electrons. The van der Waals surface area contributed by atoms with E-state index in [1.165, 1.54) is 16.2 Å². The first kappa shape index (κ1) is 31.1. The molecule has 4 aliphatic rings. The SMILES string of the molecule is COc1cc([C@@H]2c3sc(=O)[nH]c3S[C@@H]3[C@@H]4C[C@@H]([C@@H]5C(=O)N(c6ccc(C)cc6)C(=O)[C@@H]45)[C@H]23)ccc1OCC(=O)Nc1ccc2ccccc2c1. The lowest BCUT2D eigenvalue weighted by Crippen LogP contribution is -2.42. The van der Waals surface area contributed by atoms with Crippen LogP contribution in [0.3, 0.4) is 0 Å². The van der Waals surface area contributed by atoms with E-state index in [4.69, 9.17) is 9.47 Å². The van der Waals surface area contributed by atoms with Gasteiger partial charge in [0, 0.05) is 21.7 Å². The number of hydrogen-bond donors (Lipinski definition) is 2. The van der Waals surface area contributed by atoms with Gasteiger partial charge in [0.15, 0.2) is 18.1 Å². The van der Waals surface area contributed by atoms with E-state index in [2.05, 4.69) is 10.3 Å². The molecule has 7 atom stereocenters. The Kier molecular flexibility index (Phi) is 7.40. The van der Waals surface area contributed by atoms with Crippen LogP contribution in [-0.2, 0) is 14.4 Å². The minimum Gasteiger partial charge on any atom is -0.493 e. The lowest BCUT2D eigenvalue weighted by molar-refractivity contribution is -0.123. The van der Waals surface area contributed by atoms with Crippen molar-refractivity contribution in [3.63, 3.8) is 0 Å². The Balaban J connectivity index is 0.990. The van der Waals surface area contributed by atoms with E-state index in [1.807, 2.05) is 91.9 Å². The van der Waals surface area contributed by atoms with Gasteiger partial charge in [-0.25, -0.2) is 0 Å². The van der Waals surface area contributed by atoms with Crippen molar-refractivity contribution in [3.8, 4) is 11.5 Å². The van der Waals surface area contributed by atoms with Gasteiger partial charge in [-0.15, -0.1) is 11.8 Å². The molecule has 4 aromatic carbocycles. The number of carbonyl (C=O) groups excluding carboxylic acids is 3. The van der Waals surface area contributed by atoms with E-state index in [-0.39, 0.29) is 70.0 Å². The van der Waals surface area contributed by atoms with Gasteiger partial charge in [0.05, 0.1) is 29.7 Å². The maximum absolute atomic E-state index is 14.1. The number of anilines is 2. The van der Waals surface area contributed by atoms with Crippen LogP contribution in [0.15, 0.2) is 94.7 Å². The fourth-order valence-electron chi connectivity index (χ4n) is 8.94. The highest BCUT2D eigenvalue weighted by Crippen LogP contribution is 2.68. The van der Waals surface area contributed by atoms with Gasteiger partial charge >= 0.3 is 4.87 Å². The van der Waals surface area contributed by atoms with Crippen molar-refractivity contribution in [1.82, 2.24) is 4.98 Å². The molecule has 1 saturated heterocycles. The number of nitrogens with one attached hydrogen (secondary N) is 2. The molecular weight excluding hydrogens is 671 g/mol. The summed E-state index contributed by atoms with van der Waals surface area (Å²) in [5, 5.41) is 5.93. The number of amides is 3. The summed E-state index contributed by atoms with van der Waals surface area (Å²) in [4.78, 5) is 58.9. The van der Waals surface area contributed by atoms with E-state index < -0.39 is 0 Å². The summed E-state index contributed by atoms with van der Waals surface area (Å²) in [5.41, 5.74) is 3.32. The Labute approximate surface area is 296 Å². The molecule has 2 aliphatic heterocycles. The minimum absolute atomic E-state index is 0.00882. The largest absolute Gasteiger partial charge is 0.493 e. The maximum atomic E-state index is 14.1. The molecule has 5 aromatic rings. The highest BCUT2D eigenvalue weighted by Gasteiger charge is 2.69.